The van der Waals surface area contributed by atoms with Crippen molar-refractivity contribution < 1.29 is 23.9 Å². The van der Waals surface area contributed by atoms with E-state index in [1.165, 1.54) is 4.90 Å². The van der Waals surface area contributed by atoms with E-state index < -0.39 is 12.0 Å². The Hall–Kier alpha value is -3.10. The smallest absolute Gasteiger partial charge is 0.308 e. The van der Waals surface area contributed by atoms with Gasteiger partial charge in [-0.15, -0.1) is 0 Å². The molecule has 182 valence electrons. The van der Waals surface area contributed by atoms with Crippen LogP contribution in [0.3, 0.4) is 0 Å². The highest BCUT2D eigenvalue weighted by atomic mass is 16.5. The third-order valence-electron chi connectivity index (χ3n) is 5.33. The van der Waals surface area contributed by atoms with E-state index >= 15 is 0 Å². The average Bonchev–Trinajstić information content (AvgIpc) is 2.82. The number of piperazine rings is 1. The highest BCUT2D eigenvalue weighted by molar-refractivity contribution is 5.95. The second-order valence-electron chi connectivity index (χ2n) is 8.04. The molecular formula is C24H36N4O5. The number of nitrogens with zero attached hydrogens (tertiary/aromatic N) is 2. The molecule has 0 aromatic heterocycles. The number of esters is 1. The van der Waals surface area contributed by atoms with Crippen LogP contribution in [0.1, 0.15) is 56.8 Å². The maximum absolute atomic E-state index is 12.8. The minimum atomic E-state index is -0.875. The summed E-state index contributed by atoms with van der Waals surface area (Å²) in [6.07, 6.45) is 2.33. The number of benzene rings is 1. The molecule has 9 heteroatoms. The second-order valence-corrected chi connectivity index (χ2v) is 8.04. The average molecular weight is 461 g/mol. The van der Waals surface area contributed by atoms with Crippen molar-refractivity contribution in [1.82, 2.24) is 15.1 Å². The zero-order chi connectivity index (χ0) is 24.2. The summed E-state index contributed by atoms with van der Waals surface area (Å²) in [7, 11) is 0. The fourth-order valence-corrected chi connectivity index (χ4v) is 3.70. The molecule has 1 aliphatic heterocycles. The first kappa shape index (κ1) is 26.2. The highest BCUT2D eigenvalue weighted by Crippen LogP contribution is 2.14. The molecule has 2 rings (SSSR count). The number of carbonyl (C=O) groups is 4. The molecule has 3 amide bonds. The normalized spacial score (nSPS) is 15.5. The Morgan fingerprint density at radius 3 is 2.36 bits per heavy atom. The van der Waals surface area contributed by atoms with Crippen molar-refractivity contribution in [3.8, 4) is 0 Å². The fourth-order valence-electron chi connectivity index (χ4n) is 3.70. The lowest BCUT2D eigenvalue weighted by molar-refractivity contribution is -0.151. The molecule has 1 heterocycles. The number of hydrogen-bond acceptors (Lipinski definition) is 6. The molecule has 1 fully saturated rings. The maximum Gasteiger partial charge on any atom is 0.308 e. The number of nitrogens with one attached hydrogen (secondary N) is 2. The van der Waals surface area contributed by atoms with Crippen molar-refractivity contribution in [1.29, 1.82) is 0 Å². The largest absolute Gasteiger partial charge is 0.466 e. The quantitative estimate of drug-likeness (QED) is 0.462. The van der Waals surface area contributed by atoms with Gasteiger partial charge in [-0.2, -0.15) is 0 Å². The monoisotopic (exact) mass is 460 g/mol. The van der Waals surface area contributed by atoms with Gasteiger partial charge in [0.1, 0.15) is 6.04 Å². The standard InChI is InChI=1S/C24H36N4O5/c1-4-12-27(13-5-2)24(32)18-7-9-19(10-8-18)26-17-21(29)28-14-11-25-23(31)20(28)16-22(30)33-15-6-3/h7-10,20,26H,4-6,11-17H2,1-3H3,(H,25,31). The van der Waals surface area contributed by atoms with Crippen LogP contribution >= 0.6 is 0 Å². The van der Waals surface area contributed by atoms with Crippen LogP contribution in [0.5, 0.6) is 0 Å². The summed E-state index contributed by atoms with van der Waals surface area (Å²) in [5.41, 5.74) is 1.30. The third-order valence-corrected chi connectivity index (χ3v) is 5.33. The molecule has 1 saturated heterocycles. The van der Waals surface area contributed by atoms with Gasteiger partial charge in [0.2, 0.25) is 11.8 Å². The van der Waals surface area contributed by atoms with Crippen LogP contribution in [0.4, 0.5) is 5.69 Å². The lowest BCUT2D eigenvalue weighted by atomic mass is 10.1. The summed E-state index contributed by atoms with van der Waals surface area (Å²) in [6.45, 7) is 8.35. The number of amides is 3. The van der Waals surface area contributed by atoms with Crippen LogP contribution in [0.25, 0.3) is 0 Å². The van der Waals surface area contributed by atoms with Crippen molar-refractivity contribution in [2.75, 3.05) is 44.6 Å². The molecule has 1 unspecified atom stereocenters. The lowest BCUT2D eigenvalue weighted by Crippen LogP contribution is -2.58. The van der Waals surface area contributed by atoms with Crippen LogP contribution in [0, 0.1) is 0 Å². The molecule has 0 saturated carbocycles. The van der Waals surface area contributed by atoms with Gasteiger partial charge in [-0.1, -0.05) is 20.8 Å². The molecule has 9 nitrogen and oxygen atoms in total. The zero-order valence-corrected chi connectivity index (χ0v) is 19.9. The van der Waals surface area contributed by atoms with E-state index in [0.29, 0.717) is 30.8 Å². The van der Waals surface area contributed by atoms with E-state index in [1.54, 1.807) is 24.3 Å². The van der Waals surface area contributed by atoms with Crippen molar-refractivity contribution >= 4 is 29.4 Å². The molecule has 1 atom stereocenters. The van der Waals surface area contributed by atoms with Gasteiger partial charge in [0.05, 0.1) is 19.6 Å². The summed E-state index contributed by atoms with van der Waals surface area (Å²) in [5.74, 6) is -1.13. The molecule has 1 aromatic rings. The first-order valence-corrected chi connectivity index (χ1v) is 11.8. The Balaban J connectivity index is 1.96. The number of anilines is 1. The Kier molecular flexibility index (Phi) is 10.7. The molecule has 33 heavy (non-hydrogen) atoms. The van der Waals surface area contributed by atoms with Gasteiger partial charge in [0.25, 0.3) is 5.91 Å². The van der Waals surface area contributed by atoms with Crippen molar-refractivity contribution in [3.05, 3.63) is 29.8 Å². The summed E-state index contributed by atoms with van der Waals surface area (Å²) in [4.78, 5) is 53.0. The first-order valence-electron chi connectivity index (χ1n) is 11.8. The number of hydrogen-bond donors (Lipinski definition) is 2. The molecule has 1 aromatic carbocycles. The minimum Gasteiger partial charge on any atom is -0.466 e. The summed E-state index contributed by atoms with van der Waals surface area (Å²) >= 11 is 0. The lowest BCUT2D eigenvalue weighted by Gasteiger charge is -2.34. The van der Waals surface area contributed by atoms with Crippen molar-refractivity contribution in [2.24, 2.45) is 0 Å². The zero-order valence-electron chi connectivity index (χ0n) is 19.9. The van der Waals surface area contributed by atoms with Crippen LogP contribution < -0.4 is 10.6 Å². The molecule has 0 radical (unpaired) electrons. The first-order chi connectivity index (χ1) is 15.9. The Morgan fingerprint density at radius 1 is 1.09 bits per heavy atom. The SMILES string of the molecule is CCCOC(=O)CC1C(=O)NCCN1C(=O)CNc1ccc(C(=O)N(CCC)CCC)cc1. The molecule has 0 aliphatic carbocycles. The summed E-state index contributed by atoms with van der Waals surface area (Å²) in [6, 6.07) is 6.14. The molecular weight excluding hydrogens is 424 g/mol. The summed E-state index contributed by atoms with van der Waals surface area (Å²) in [5, 5.41) is 5.75. The third kappa shape index (κ3) is 7.76. The Labute approximate surface area is 195 Å². The van der Waals surface area contributed by atoms with Gasteiger partial charge in [0.15, 0.2) is 0 Å². The fraction of sp³-hybridized carbons (Fsp3) is 0.583. The van der Waals surface area contributed by atoms with E-state index in [1.807, 2.05) is 25.7 Å². The topological polar surface area (TPSA) is 108 Å². The maximum atomic E-state index is 12.8. The van der Waals surface area contributed by atoms with Gasteiger partial charge in [-0.05, 0) is 43.5 Å². The van der Waals surface area contributed by atoms with Gasteiger partial charge in [-0.3, -0.25) is 19.2 Å². The predicted octanol–water partition coefficient (Wildman–Crippen LogP) is 2.03. The van der Waals surface area contributed by atoms with E-state index in [9.17, 15) is 19.2 Å². The van der Waals surface area contributed by atoms with Gasteiger partial charge in [0, 0.05) is 37.4 Å². The van der Waals surface area contributed by atoms with Gasteiger partial charge in [-0.25, -0.2) is 0 Å². The molecule has 1 aliphatic rings. The Bertz CT molecular complexity index is 806. The van der Waals surface area contributed by atoms with E-state index in [4.69, 9.17) is 4.74 Å². The van der Waals surface area contributed by atoms with Crippen LogP contribution in [0.2, 0.25) is 0 Å². The predicted molar refractivity (Wildman–Crippen MR) is 126 cm³/mol. The van der Waals surface area contributed by atoms with Gasteiger partial charge >= 0.3 is 5.97 Å². The summed E-state index contributed by atoms with van der Waals surface area (Å²) < 4.78 is 5.07. The molecule has 0 bridgehead atoms. The van der Waals surface area contributed by atoms with E-state index in [-0.39, 0.29) is 37.3 Å². The Morgan fingerprint density at radius 2 is 1.76 bits per heavy atom. The van der Waals surface area contributed by atoms with Crippen LogP contribution in [0.15, 0.2) is 24.3 Å². The van der Waals surface area contributed by atoms with Crippen molar-refractivity contribution in [3.63, 3.8) is 0 Å². The number of carbonyl (C=O) groups excluding carboxylic acids is 4. The van der Waals surface area contributed by atoms with Crippen molar-refractivity contribution in [2.45, 2.75) is 52.5 Å². The highest BCUT2D eigenvalue weighted by Gasteiger charge is 2.34. The number of rotatable bonds is 12. The van der Waals surface area contributed by atoms with Crippen LogP contribution in [-0.2, 0) is 19.1 Å². The molecule has 2 N–H and O–H groups in total. The van der Waals surface area contributed by atoms with E-state index in [0.717, 1.165) is 25.9 Å². The van der Waals surface area contributed by atoms with Crippen LogP contribution in [-0.4, -0.2) is 78.9 Å². The number of ether oxygens (including phenoxy) is 1. The second kappa shape index (κ2) is 13.4. The molecule has 0 spiro atoms. The minimum absolute atomic E-state index is 0.00143. The van der Waals surface area contributed by atoms with E-state index in [2.05, 4.69) is 10.6 Å². The van der Waals surface area contributed by atoms with Gasteiger partial charge < -0.3 is 25.2 Å².